The van der Waals surface area contributed by atoms with Crippen LogP contribution in [0, 0.1) is 5.82 Å². The van der Waals surface area contributed by atoms with E-state index in [0.29, 0.717) is 32.0 Å². The van der Waals surface area contributed by atoms with E-state index < -0.39 is 0 Å². The van der Waals surface area contributed by atoms with Crippen molar-refractivity contribution in [3.05, 3.63) is 78.3 Å². The van der Waals surface area contributed by atoms with Gasteiger partial charge in [-0.05, 0) is 42.5 Å². The Balaban J connectivity index is 1.67. The van der Waals surface area contributed by atoms with Crippen LogP contribution >= 0.6 is 0 Å². The molecular weight excluding hydrogens is 357 g/mol. The van der Waals surface area contributed by atoms with Crippen molar-refractivity contribution < 1.29 is 13.9 Å². The van der Waals surface area contributed by atoms with Gasteiger partial charge in [0.15, 0.2) is 0 Å². The molecule has 0 radical (unpaired) electrons. The SMILES string of the molecule is O=C(C=Cc1cn(-c2ccccc2)nc1-c1ccc(F)cc1)N1CCOCC1. The number of carbonyl (C=O) groups is 1. The maximum Gasteiger partial charge on any atom is 0.246 e. The lowest BCUT2D eigenvalue weighted by atomic mass is 10.1. The predicted molar refractivity (Wildman–Crippen MR) is 105 cm³/mol. The number of hydrogen-bond donors (Lipinski definition) is 0. The van der Waals surface area contributed by atoms with Gasteiger partial charge < -0.3 is 9.64 Å². The fourth-order valence-electron chi connectivity index (χ4n) is 3.10. The zero-order valence-electron chi connectivity index (χ0n) is 15.3. The normalized spacial score (nSPS) is 14.5. The Kier molecular flexibility index (Phi) is 5.30. The van der Waals surface area contributed by atoms with Crippen LogP contribution in [0.1, 0.15) is 5.56 Å². The minimum absolute atomic E-state index is 0.0548. The second-order valence-corrected chi connectivity index (χ2v) is 6.49. The van der Waals surface area contributed by atoms with Gasteiger partial charge in [-0.25, -0.2) is 9.07 Å². The molecule has 28 heavy (non-hydrogen) atoms. The van der Waals surface area contributed by atoms with Gasteiger partial charge in [0.05, 0.1) is 24.6 Å². The van der Waals surface area contributed by atoms with E-state index in [2.05, 4.69) is 5.10 Å². The van der Waals surface area contributed by atoms with Crippen molar-refractivity contribution in [1.29, 1.82) is 0 Å². The summed E-state index contributed by atoms with van der Waals surface area (Å²) in [7, 11) is 0. The van der Waals surface area contributed by atoms with Crippen molar-refractivity contribution in [1.82, 2.24) is 14.7 Å². The highest BCUT2D eigenvalue weighted by atomic mass is 19.1. The van der Waals surface area contributed by atoms with E-state index in [1.165, 1.54) is 12.1 Å². The molecular formula is C22H20FN3O2. The van der Waals surface area contributed by atoms with Gasteiger partial charge in [0.2, 0.25) is 5.91 Å². The molecule has 1 aliphatic heterocycles. The lowest BCUT2D eigenvalue weighted by Gasteiger charge is -2.25. The summed E-state index contributed by atoms with van der Waals surface area (Å²) in [6, 6.07) is 15.9. The van der Waals surface area contributed by atoms with Crippen LogP contribution in [0.2, 0.25) is 0 Å². The van der Waals surface area contributed by atoms with Crippen LogP contribution < -0.4 is 0 Å². The number of ether oxygens (including phenoxy) is 1. The van der Waals surface area contributed by atoms with Crippen LogP contribution in [0.5, 0.6) is 0 Å². The topological polar surface area (TPSA) is 47.4 Å². The number of carbonyl (C=O) groups excluding carboxylic acids is 1. The highest BCUT2D eigenvalue weighted by Crippen LogP contribution is 2.25. The lowest BCUT2D eigenvalue weighted by Crippen LogP contribution is -2.39. The van der Waals surface area contributed by atoms with E-state index in [1.807, 2.05) is 36.5 Å². The molecule has 0 spiro atoms. The van der Waals surface area contributed by atoms with E-state index in [0.717, 1.165) is 16.8 Å². The van der Waals surface area contributed by atoms with Gasteiger partial charge in [-0.2, -0.15) is 5.10 Å². The largest absolute Gasteiger partial charge is 0.378 e. The molecule has 1 aliphatic rings. The summed E-state index contributed by atoms with van der Waals surface area (Å²) in [5, 5.41) is 4.67. The first kappa shape index (κ1) is 18.1. The minimum Gasteiger partial charge on any atom is -0.378 e. The van der Waals surface area contributed by atoms with Gasteiger partial charge in [-0.1, -0.05) is 18.2 Å². The van der Waals surface area contributed by atoms with Crippen molar-refractivity contribution in [3.63, 3.8) is 0 Å². The summed E-state index contributed by atoms with van der Waals surface area (Å²) in [6.07, 6.45) is 5.20. The lowest BCUT2D eigenvalue weighted by molar-refractivity contribution is -0.129. The number of nitrogens with zero attached hydrogens (tertiary/aromatic N) is 3. The van der Waals surface area contributed by atoms with E-state index in [4.69, 9.17) is 4.74 Å². The third-order valence-corrected chi connectivity index (χ3v) is 4.61. The summed E-state index contributed by atoms with van der Waals surface area (Å²) < 4.78 is 20.4. The zero-order valence-corrected chi connectivity index (χ0v) is 15.3. The van der Waals surface area contributed by atoms with E-state index in [1.54, 1.807) is 33.9 Å². The number of rotatable bonds is 4. The van der Waals surface area contributed by atoms with Gasteiger partial charge in [0, 0.05) is 36.5 Å². The molecule has 2 aromatic carbocycles. The average Bonchev–Trinajstić information content (AvgIpc) is 3.18. The monoisotopic (exact) mass is 377 g/mol. The molecule has 1 saturated heterocycles. The van der Waals surface area contributed by atoms with Crippen LogP contribution in [-0.4, -0.2) is 46.9 Å². The third kappa shape index (κ3) is 4.02. The Bertz CT molecular complexity index is 975. The zero-order chi connectivity index (χ0) is 19.3. The molecule has 0 atom stereocenters. The smallest absolute Gasteiger partial charge is 0.246 e. The highest BCUT2D eigenvalue weighted by Gasteiger charge is 2.15. The number of halogens is 1. The van der Waals surface area contributed by atoms with Gasteiger partial charge in [0.1, 0.15) is 5.82 Å². The van der Waals surface area contributed by atoms with E-state index in [-0.39, 0.29) is 11.7 Å². The molecule has 142 valence electrons. The Morgan fingerprint density at radius 1 is 1.04 bits per heavy atom. The summed E-state index contributed by atoms with van der Waals surface area (Å²) in [5.41, 5.74) is 3.17. The highest BCUT2D eigenvalue weighted by molar-refractivity contribution is 5.93. The van der Waals surface area contributed by atoms with Gasteiger partial charge in [0.25, 0.3) is 0 Å². The number of amides is 1. The first-order valence-electron chi connectivity index (χ1n) is 9.16. The molecule has 0 unspecified atom stereocenters. The fourth-order valence-corrected chi connectivity index (χ4v) is 3.10. The molecule has 0 N–H and O–H groups in total. The molecule has 2 heterocycles. The molecule has 3 aromatic rings. The Morgan fingerprint density at radius 2 is 1.75 bits per heavy atom. The molecule has 0 bridgehead atoms. The second kappa shape index (κ2) is 8.19. The Labute approximate surface area is 162 Å². The Morgan fingerprint density at radius 3 is 2.46 bits per heavy atom. The van der Waals surface area contributed by atoms with Gasteiger partial charge >= 0.3 is 0 Å². The van der Waals surface area contributed by atoms with Gasteiger partial charge in [-0.15, -0.1) is 0 Å². The van der Waals surface area contributed by atoms with E-state index >= 15 is 0 Å². The molecule has 5 nitrogen and oxygen atoms in total. The number of para-hydroxylation sites is 1. The first-order chi connectivity index (χ1) is 13.7. The van der Waals surface area contributed by atoms with Crippen molar-refractivity contribution in [2.24, 2.45) is 0 Å². The molecule has 0 saturated carbocycles. The number of morpholine rings is 1. The van der Waals surface area contributed by atoms with Crippen molar-refractivity contribution in [2.75, 3.05) is 26.3 Å². The number of benzene rings is 2. The maximum absolute atomic E-state index is 13.3. The van der Waals surface area contributed by atoms with Crippen molar-refractivity contribution >= 4 is 12.0 Å². The number of hydrogen-bond acceptors (Lipinski definition) is 3. The molecule has 1 amide bonds. The fraction of sp³-hybridized carbons (Fsp3) is 0.182. The minimum atomic E-state index is -0.300. The van der Waals surface area contributed by atoms with Crippen LogP contribution in [0.15, 0.2) is 66.9 Å². The quantitative estimate of drug-likeness (QED) is 0.654. The summed E-state index contributed by atoms with van der Waals surface area (Å²) in [5.74, 6) is -0.355. The molecule has 1 fully saturated rings. The number of aromatic nitrogens is 2. The van der Waals surface area contributed by atoms with Crippen LogP contribution in [0.25, 0.3) is 23.0 Å². The predicted octanol–water partition coefficient (Wildman–Crippen LogP) is 3.55. The Hall–Kier alpha value is -3.25. The summed E-state index contributed by atoms with van der Waals surface area (Å²) in [4.78, 5) is 14.2. The van der Waals surface area contributed by atoms with Gasteiger partial charge in [-0.3, -0.25) is 4.79 Å². The maximum atomic E-state index is 13.3. The third-order valence-electron chi connectivity index (χ3n) is 4.61. The molecule has 4 rings (SSSR count). The molecule has 0 aliphatic carbocycles. The van der Waals surface area contributed by atoms with Crippen molar-refractivity contribution in [2.45, 2.75) is 0 Å². The van der Waals surface area contributed by atoms with Crippen LogP contribution in [0.3, 0.4) is 0 Å². The summed E-state index contributed by atoms with van der Waals surface area (Å²) >= 11 is 0. The van der Waals surface area contributed by atoms with Crippen molar-refractivity contribution in [3.8, 4) is 16.9 Å². The first-order valence-corrected chi connectivity index (χ1v) is 9.16. The van der Waals surface area contributed by atoms with Crippen LogP contribution in [0.4, 0.5) is 4.39 Å². The molecule has 1 aromatic heterocycles. The van der Waals surface area contributed by atoms with Crippen LogP contribution in [-0.2, 0) is 9.53 Å². The summed E-state index contributed by atoms with van der Waals surface area (Å²) in [6.45, 7) is 2.31. The van der Waals surface area contributed by atoms with E-state index in [9.17, 15) is 9.18 Å². The standard InChI is InChI=1S/C22H20FN3O2/c23-19-9-6-17(7-10-19)22-18(8-11-21(27)25-12-14-28-15-13-25)16-26(24-22)20-4-2-1-3-5-20/h1-11,16H,12-15H2. The molecule has 6 heteroatoms. The average molecular weight is 377 g/mol. The second-order valence-electron chi connectivity index (χ2n) is 6.49.